The molecule has 2 N–H and O–H groups in total. The molecule has 2 aromatic rings. The van der Waals surface area contributed by atoms with Crippen molar-refractivity contribution in [3.8, 4) is 0 Å². The number of carbonyl (C=O) groups is 3. The average Bonchev–Trinajstić information content (AvgIpc) is 3.27. The monoisotopic (exact) mass is 400 g/mol. The fourth-order valence-corrected chi connectivity index (χ4v) is 3.54. The van der Waals surface area contributed by atoms with Gasteiger partial charge in [0.2, 0.25) is 11.8 Å². The third-order valence-corrected chi connectivity index (χ3v) is 4.94. The lowest BCUT2D eigenvalue weighted by Crippen LogP contribution is -2.29. The molecule has 29 heavy (non-hydrogen) atoms. The number of benzene rings is 2. The van der Waals surface area contributed by atoms with Crippen LogP contribution in [0.3, 0.4) is 0 Å². The second-order valence-corrected chi connectivity index (χ2v) is 6.96. The number of hydrogen-bond donors (Lipinski definition) is 2. The van der Waals surface area contributed by atoms with E-state index in [0.717, 1.165) is 18.2 Å². The Labute approximate surface area is 165 Å². The van der Waals surface area contributed by atoms with E-state index >= 15 is 0 Å². The zero-order valence-electron chi connectivity index (χ0n) is 15.3. The molecule has 1 atom stereocenters. The second kappa shape index (κ2) is 7.50. The van der Waals surface area contributed by atoms with Gasteiger partial charge in [-0.3, -0.25) is 14.5 Å². The summed E-state index contributed by atoms with van der Waals surface area (Å²) >= 11 is 0. The van der Waals surface area contributed by atoms with E-state index in [0.29, 0.717) is 24.5 Å². The van der Waals surface area contributed by atoms with Crippen LogP contribution >= 0.6 is 0 Å². The Morgan fingerprint density at radius 1 is 1.03 bits per heavy atom. The van der Waals surface area contributed by atoms with Crippen molar-refractivity contribution in [2.75, 3.05) is 34.8 Å². The number of urea groups is 1. The van der Waals surface area contributed by atoms with Crippen molar-refractivity contribution < 1.29 is 23.2 Å². The molecule has 0 radical (unpaired) electrons. The molecule has 4 rings (SSSR count). The predicted molar refractivity (Wildman–Crippen MR) is 103 cm³/mol. The van der Waals surface area contributed by atoms with Gasteiger partial charge < -0.3 is 15.5 Å². The number of halogens is 2. The van der Waals surface area contributed by atoms with Crippen LogP contribution in [0, 0.1) is 17.6 Å². The van der Waals surface area contributed by atoms with E-state index in [1.54, 1.807) is 29.2 Å². The summed E-state index contributed by atoms with van der Waals surface area (Å²) in [6.45, 7) is 1.12. The predicted octanol–water partition coefficient (Wildman–Crippen LogP) is 2.49. The summed E-state index contributed by atoms with van der Waals surface area (Å²) in [4.78, 5) is 39.5. The number of nitrogens with zero attached hydrogens (tertiary/aromatic N) is 2. The number of carbonyl (C=O) groups excluding carboxylic acids is 3. The molecule has 2 heterocycles. The highest BCUT2D eigenvalue weighted by Gasteiger charge is 2.35. The van der Waals surface area contributed by atoms with Gasteiger partial charge in [-0.05, 0) is 30.3 Å². The first-order valence-electron chi connectivity index (χ1n) is 9.13. The molecule has 2 aliphatic rings. The lowest BCUT2D eigenvalue weighted by atomic mass is 10.1. The third kappa shape index (κ3) is 3.89. The van der Waals surface area contributed by atoms with Crippen molar-refractivity contribution in [2.24, 2.45) is 5.92 Å². The maximum absolute atomic E-state index is 13.5. The van der Waals surface area contributed by atoms with Gasteiger partial charge in [0.05, 0.1) is 5.92 Å². The van der Waals surface area contributed by atoms with Gasteiger partial charge in [-0.15, -0.1) is 0 Å². The molecular formula is C20H18F2N4O3. The summed E-state index contributed by atoms with van der Waals surface area (Å²) in [5.41, 5.74) is 1.23. The van der Waals surface area contributed by atoms with Crippen LogP contribution in [-0.4, -0.2) is 37.5 Å². The van der Waals surface area contributed by atoms with E-state index < -0.39 is 17.6 Å². The molecule has 9 heteroatoms. The summed E-state index contributed by atoms with van der Waals surface area (Å²) in [5.74, 6) is -2.99. The van der Waals surface area contributed by atoms with E-state index in [1.807, 2.05) is 0 Å². The van der Waals surface area contributed by atoms with Crippen molar-refractivity contribution in [2.45, 2.75) is 6.42 Å². The molecule has 0 bridgehead atoms. The molecule has 7 nitrogen and oxygen atoms in total. The number of hydrogen-bond acceptors (Lipinski definition) is 3. The molecule has 2 aromatic carbocycles. The lowest BCUT2D eigenvalue weighted by molar-refractivity contribution is -0.122. The Morgan fingerprint density at radius 2 is 1.79 bits per heavy atom. The minimum absolute atomic E-state index is 0.0295. The van der Waals surface area contributed by atoms with E-state index in [9.17, 15) is 23.2 Å². The average molecular weight is 400 g/mol. The fraction of sp³-hybridized carbons (Fsp3) is 0.250. The minimum atomic E-state index is -0.788. The highest BCUT2D eigenvalue weighted by Crippen LogP contribution is 2.28. The van der Waals surface area contributed by atoms with Gasteiger partial charge in [-0.2, -0.15) is 0 Å². The molecule has 0 aliphatic carbocycles. The van der Waals surface area contributed by atoms with Crippen LogP contribution in [0.2, 0.25) is 0 Å². The Bertz CT molecular complexity index is 977. The van der Waals surface area contributed by atoms with E-state index in [2.05, 4.69) is 10.6 Å². The van der Waals surface area contributed by atoms with Gasteiger partial charge >= 0.3 is 6.03 Å². The van der Waals surface area contributed by atoms with Crippen LogP contribution in [0.25, 0.3) is 0 Å². The topological polar surface area (TPSA) is 81.8 Å². The largest absolute Gasteiger partial charge is 0.336 e. The minimum Gasteiger partial charge on any atom is -0.336 e. The summed E-state index contributed by atoms with van der Waals surface area (Å²) in [6, 6.07) is 9.50. The van der Waals surface area contributed by atoms with Gasteiger partial charge in [-0.1, -0.05) is 6.07 Å². The third-order valence-electron chi connectivity index (χ3n) is 4.94. The highest BCUT2D eigenvalue weighted by atomic mass is 19.1. The summed E-state index contributed by atoms with van der Waals surface area (Å²) in [6.07, 6.45) is -0.0574. The van der Waals surface area contributed by atoms with Crippen LogP contribution in [-0.2, 0) is 9.59 Å². The van der Waals surface area contributed by atoms with Crippen molar-refractivity contribution in [3.63, 3.8) is 0 Å². The van der Waals surface area contributed by atoms with Crippen LogP contribution in [0.4, 0.5) is 30.6 Å². The summed E-state index contributed by atoms with van der Waals surface area (Å²) in [5, 5.41) is 5.46. The van der Waals surface area contributed by atoms with E-state index in [1.165, 1.54) is 4.90 Å². The van der Waals surface area contributed by atoms with Crippen molar-refractivity contribution >= 4 is 34.9 Å². The summed E-state index contributed by atoms with van der Waals surface area (Å²) < 4.78 is 26.9. The standard InChI is InChI=1S/C20H18F2N4O3/c21-13-7-14(22)9-17(8-13)26-11-12(6-18(26)27)19(28)24-15-2-1-3-16(10-15)25-5-4-23-20(25)29/h1-3,7-10,12H,4-6,11H2,(H,23,29)(H,24,28). The molecule has 2 saturated heterocycles. The van der Waals surface area contributed by atoms with E-state index in [4.69, 9.17) is 0 Å². The maximum atomic E-state index is 13.5. The van der Waals surface area contributed by atoms with Crippen LogP contribution < -0.4 is 20.4 Å². The lowest BCUT2D eigenvalue weighted by Gasteiger charge is -2.18. The zero-order valence-corrected chi connectivity index (χ0v) is 15.3. The maximum Gasteiger partial charge on any atom is 0.321 e. The number of anilines is 3. The number of rotatable bonds is 4. The smallest absolute Gasteiger partial charge is 0.321 e. The zero-order chi connectivity index (χ0) is 20.5. The first kappa shape index (κ1) is 18.9. The van der Waals surface area contributed by atoms with Crippen molar-refractivity contribution in [1.29, 1.82) is 0 Å². The molecule has 4 amide bonds. The number of amides is 4. The molecule has 2 aliphatic heterocycles. The molecule has 2 fully saturated rings. The Balaban J connectivity index is 1.45. The molecule has 150 valence electrons. The quantitative estimate of drug-likeness (QED) is 0.827. The second-order valence-electron chi connectivity index (χ2n) is 6.96. The Morgan fingerprint density at radius 3 is 2.48 bits per heavy atom. The van der Waals surface area contributed by atoms with Gasteiger partial charge in [0, 0.05) is 49.2 Å². The normalized spacial score (nSPS) is 18.9. The first-order chi connectivity index (χ1) is 13.9. The van der Waals surface area contributed by atoms with Gasteiger partial charge in [0.15, 0.2) is 0 Å². The Kier molecular flexibility index (Phi) is 4.87. The van der Waals surface area contributed by atoms with Gasteiger partial charge in [0.25, 0.3) is 0 Å². The van der Waals surface area contributed by atoms with Crippen molar-refractivity contribution in [3.05, 3.63) is 54.1 Å². The van der Waals surface area contributed by atoms with Crippen molar-refractivity contribution in [1.82, 2.24) is 5.32 Å². The highest BCUT2D eigenvalue weighted by molar-refractivity contribution is 6.04. The number of nitrogens with one attached hydrogen (secondary N) is 2. The van der Waals surface area contributed by atoms with Gasteiger partial charge in [-0.25, -0.2) is 13.6 Å². The van der Waals surface area contributed by atoms with Crippen LogP contribution in [0.1, 0.15) is 6.42 Å². The Hall–Kier alpha value is -3.49. The van der Waals surface area contributed by atoms with Gasteiger partial charge in [0.1, 0.15) is 11.6 Å². The molecule has 0 spiro atoms. The molecular weight excluding hydrogens is 382 g/mol. The molecule has 0 aromatic heterocycles. The fourth-order valence-electron chi connectivity index (χ4n) is 3.54. The van der Waals surface area contributed by atoms with Crippen LogP contribution in [0.15, 0.2) is 42.5 Å². The van der Waals surface area contributed by atoms with Crippen LogP contribution in [0.5, 0.6) is 0 Å². The molecule has 0 saturated carbocycles. The van der Waals surface area contributed by atoms with E-state index in [-0.39, 0.29) is 36.5 Å². The summed E-state index contributed by atoms with van der Waals surface area (Å²) in [7, 11) is 0. The first-order valence-corrected chi connectivity index (χ1v) is 9.13. The SMILES string of the molecule is O=C(Nc1cccc(N2CCNC2=O)c1)C1CC(=O)N(c2cc(F)cc(F)c2)C1. The molecule has 1 unspecified atom stereocenters.